The van der Waals surface area contributed by atoms with E-state index in [4.69, 9.17) is 4.74 Å². The maximum atomic E-state index is 13.4. The van der Waals surface area contributed by atoms with Crippen LogP contribution in [-0.2, 0) is 10.9 Å². The first kappa shape index (κ1) is 20.9. The number of benzene rings is 1. The van der Waals surface area contributed by atoms with Crippen molar-refractivity contribution in [1.82, 2.24) is 15.0 Å². The summed E-state index contributed by atoms with van der Waals surface area (Å²) in [6, 6.07) is 5.82. The molecule has 1 N–H and O–H groups in total. The number of fused-ring (bicyclic) bond motifs is 1. The maximum absolute atomic E-state index is 13.4. The molecule has 1 atom stereocenters. The second-order valence-electron chi connectivity index (χ2n) is 8.70. The van der Waals surface area contributed by atoms with Crippen molar-refractivity contribution >= 4 is 22.5 Å². The normalized spacial score (nSPS) is 18.4. The van der Waals surface area contributed by atoms with Gasteiger partial charge in [0.15, 0.2) is 0 Å². The predicted octanol–water partition coefficient (Wildman–Crippen LogP) is 4.81. The quantitative estimate of drug-likeness (QED) is 0.624. The topological polar surface area (TPSA) is 63.2 Å². The molecule has 0 aliphatic carbocycles. The van der Waals surface area contributed by atoms with Gasteiger partial charge in [0.2, 0.25) is 0 Å². The van der Waals surface area contributed by atoms with Crippen LogP contribution < -0.4 is 10.2 Å². The average molecular weight is 443 g/mol. The number of aromatic nitrogens is 3. The molecular formula is C23H24F3N5O. The lowest BCUT2D eigenvalue weighted by Crippen LogP contribution is -2.68. The fourth-order valence-corrected chi connectivity index (χ4v) is 4.58. The Bertz CT molecular complexity index is 1180. The lowest BCUT2D eigenvalue weighted by Gasteiger charge is -2.55. The van der Waals surface area contributed by atoms with Gasteiger partial charge in [-0.3, -0.25) is 0 Å². The molecule has 2 aliphatic rings. The van der Waals surface area contributed by atoms with Gasteiger partial charge in [0.25, 0.3) is 0 Å². The van der Waals surface area contributed by atoms with Crippen LogP contribution in [0.2, 0.25) is 0 Å². The molecule has 0 saturated carbocycles. The lowest BCUT2D eigenvalue weighted by atomic mass is 9.86. The molecule has 168 valence electrons. The van der Waals surface area contributed by atoms with Gasteiger partial charge in [0, 0.05) is 11.8 Å². The van der Waals surface area contributed by atoms with Crippen molar-refractivity contribution in [3.8, 4) is 0 Å². The zero-order valence-corrected chi connectivity index (χ0v) is 18.1. The number of anilines is 2. The Balaban J connectivity index is 1.46. The smallest absolute Gasteiger partial charge is 0.371 e. The third-order valence-corrected chi connectivity index (χ3v) is 6.43. The van der Waals surface area contributed by atoms with E-state index in [2.05, 4.69) is 25.2 Å². The SMILES string of the molecule is Cc1nc(N[C@H](C)c2cccc(C(F)(F)F)c2C)c2cc(N3CC4(CCO4)C3)ncc2n1. The fourth-order valence-electron chi connectivity index (χ4n) is 4.58. The zero-order valence-electron chi connectivity index (χ0n) is 18.1. The third kappa shape index (κ3) is 3.54. The molecule has 5 rings (SSSR count). The van der Waals surface area contributed by atoms with Gasteiger partial charge in [0.1, 0.15) is 23.1 Å². The third-order valence-electron chi connectivity index (χ3n) is 6.43. The standard InChI is InChI=1S/C23H24F3N5O/c1-13-16(5-4-6-18(13)23(24,25)26)14(2)28-21-17-9-20(27-10-19(17)29-15(3)30-21)31-11-22(12-31)7-8-32-22/h4-6,9-10,14H,7-8,11-12H2,1-3H3,(H,28,29,30)/t14-/m1/s1. The van der Waals surface area contributed by atoms with Crippen molar-refractivity contribution in [3.05, 3.63) is 53.0 Å². The molecule has 2 aromatic heterocycles. The van der Waals surface area contributed by atoms with Gasteiger partial charge >= 0.3 is 6.18 Å². The van der Waals surface area contributed by atoms with Gasteiger partial charge in [-0.15, -0.1) is 0 Å². The Hall–Kier alpha value is -2.94. The van der Waals surface area contributed by atoms with Crippen molar-refractivity contribution in [2.45, 2.75) is 45.0 Å². The van der Waals surface area contributed by atoms with Crippen LogP contribution in [0.3, 0.4) is 0 Å². The number of hydrogen-bond acceptors (Lipinski definition) is 6. The summed E-state index contributed by atoms with van der Waals surface area (Å²) in [5.41, 5.74) is 0.835. The maximum Gasteiger partial charge on any atom is 0.416 e. The molecule has 0 radical (unpaired) electrons. The number of nitrogens with zero attached hydrogens (tertiary/aromatic N) is 4. The van der Waals surface area contributed by atoms with Crippen LogP contribution in [-0.4, -0.2) is 40.2 Å². The van der Waals surface area contributed by atoms with E-state index in [-0.39, 0.29) is 17.2 Å². The molecule has 2 saturated heterocycles. The molecule has 0 unspecified atom stereocenters. The summed E-state index contributed by atoms with van der Waals surface area (Å²) in [4.78, 5) is 15.7. The van der Waals surface area contributed by atoms with E-state index < -0.39 is 11.7 Å². The number of alkyl halides is 3. The van der Waals surface area contributed by atoms with Crippen molar-refractivity contribution in [2.24, 2.45) is 0 Å². The number of ether oxygens (including phenoxy) is 1. The molecule has 0 amide bonds. The first-order chi connectivity index (χ1) is 15.2. The predicted molar refractivity (Wildman–Crippen MR) is 116 cm³/mol. The number of rotatable bonds is 4. The number of halogens is 3. The van der Waals surface area contributed by atoms with Gasteiger partial charge in [-0.2, -0.15) is 13.2 Å². The Morgan fingerprint density at radius 1 is 1.19 bits per heavy atom. The molecule has 2 fully saturated rings. The Labute approximate surface area is 183 Å². The minimum atomic E-state index is -4.39. The fraction of sp³-hybridized carbons (Fsp3) is 0.435. The minimum Gasteiger partial charge on any atom is -0.371 e. The molecule has 2 aliphatic heterocycles. The van der Waals surface area contributed by atoms with E-state index in [0.29, 0.717) is 22.7 Å². The second-order valence-corrected chi connectivity index (χ2v) is 8.70. The largest absolute Gasteiger partial charge is 0.416 e. The first-order valence-electron chi connectivity index (χ1n) is 10.6. The molecular weight excluding hydrogens is 419 g/mol. The van der Waals surface area contributed by atoms with Crippen molar-refractivity contribution in [1.29, 1.82) is 0 Å². The molecule has 0 bridgehead atoms. The molecule has 1 aromatic carbocycles. The Morgan fingerprint density at radius 3 is 2.59 bits per heavy atom. The molecule has 9 heteroatoms. The average Bonchev–Trinajstić information content (AvgIpc) is 2.65. The molecule has 4 heterocycles. The van der Waals surface area contributed by atoms with E-state index in [1.54, 1.807) is 19.2 Å². The second kappa shape index (κ2) is 7.30. The van der Waals surface area contributed by atoms with Crippen LogP contribution in [0.25, 0.3) is 10.9 Å². The van der Waals surface area contributed by atoms with Crippen LogP contribution >= 0.6 is 0 Å². The summed E-state index contributed by atoms with van der Waals surface area (Å²) in [6.45, 7) is 7.55. The van der Waals surface area contributed by atoms with Gasteiger partial charge in [-0.25, -0.2) is 15.0 Å². The van der Waals surface area contributed by atoms with Crippen LogP contribution in [0, 0.1) is 13.8 Å². The van der Waals surface area contributed by atoms with Crippen LogP contribution in [0.1, 0.15) is 41.9 Å². The van der Waals surface area contributed by atoms with E-state index in [1.807, 2.05) is 13.0 Å². The molecule has 32 heavy (non-hydrogen) atoms. The highest BCUT2D eigenvalue weighted by Gasteiger charge is 2.49. The van der Waals surface area contributed by atoms with E-state index in [1.165, 1.54) is 13.0 Å². The summed E-state index contributed by atoms with van der Waals surface area (Å²) in [6.07, 6.45) is -1.60. The van der Waals surface area contributed by atoms with E-state index >= 15 is 0 Å². The van der Waals surface area contributed by atoms with Gasteiger partial charge in [0.05, 0.1) is 43.0 Å². The number of aryl methyl sites for hydroxylation is 1. The molecule has 3 aromatic rings. The highest BCUT2D eigenvalue weighted by atomic mass is 19.4. The Kier molecular flexibility index (Phi) is 4.77. The zero-order chi connectivity index (χ0) is 22.7. The summed E-state index contributed by atoms with van der Waals surface area (Å²) >= 11 is 0. The van der Waals surface area contributed by atoms with Crippen LogP contribution in [0.5, 0.6) is 0 Å². The van der Waals surface area contributed by atoms with Gasteiger partial charge < -0.3 is 15.0 Å². The number of hydrogen-bond donors (Lipinski definition) is 1. The van der Waals surface area contributed by atoms with Crippen molar-refractivity contribution in [3.63, 3.8) is 0 Å². The van der Waals surface area contributed by atoms with Crippen molar-refractivity contribution < 1.29 is 17.9 Å². The molecule has 1 spiro atoms. The van der Waals surface area contributed by atoms with Crippen LogP contribution in [0.15, 0.2) is 30.5 Å². The minimum absolute atomic E-state index is 0.0168. The number of nitrogens with one attached hydrogen (secondary N) is 1. The summed E-state index contributed by atoms with van der Waals surface area (Å²) in [7, 11) is 0. The van der Waals surface area contributed by atoms with Gasteiger partial charge in [-0.1, -0.05) is 12.1 Å². The lowest BCUT2D eigenvalue weighted by molar-refractivity contribution is -0.161. The summed E-state index contributed by atoms with van der Waals surface area (Å²) < 4.78 is 45.8. The monoisotopic (exact) mass is 443 g/mol. The van der Waals surface area contributed by atoms with E-state index in [0.717, 1.165) is 43.4 Å². The van der Waals surface area contributed by atoms with Crippen LogP contribution in [0.4, 0.5) is 24.8 Å². The highest BCUT2D eigenvalue weighted by Crippen LogP contribution is 2.39. The summed E-state index contributed by atoms with van der Waals surface area (Å²) in [5.74, 6) is 1.96. The number of pyridine rings is 1. The first-order valence-corrected chi connectivity index (χ1v) is 10.6. The van der Waals surface area contributed by atoms with Gasteiger partial charge in [-0.05, 0) is 44.0 Å². The Morgan fingerprint density at radius 2 is 1.94 bits per heavy atom. The van der Waals surface area contributed by atoms with E-state index in [9.17, 15) is 13.2 Å². The highest BCUT2D eigenvalue weighted by molar-refractivity contribution is 5.90. The van der Waals surface area contributed by atoms with Crippen molar-refractivity contribution in [2.75, 3.05) is 29.9 Å². The molecule has 6 nitrogen and oxygen atoms in total. The summed E-state index contributed by atoms with van der Waals surface area (Å²) in [5, 5.41) is 4.10.